The molecule has 1 fully saturated rings. The van der Waals surface area contributed by atoms with Crippen molar-refractivity contribution in [3.8, 4) is 0 Å². The first kappa shape index (κ1) is 17.5. The number of rotatable bonds is 5. The van der Waals surface area contributed by atoms with Crippen LogP contribution in [0.4, 0.5) is 5.69 Å². The number of para-hydroxylation sites is 1. The number of hydrogen-bond donors (Lipinski definition) is 1. The molecule has 0 unspecified atom stereocenters. The summed E-state index contributed by atoms with van der Waals surface area (Å²) in [5.41, 5.74) is 3.25. The standard InChI is InChI=1S/C19H27N5O/c1-22(2)18-7-5-4-6-15(18)14-24-10-8-17(9-11-24)21-19(25)16-12-20-23(3)13-16/h4-7,12-13,17H,8-11,14H2,1-3H3,(H,21,25). The highest BCUT2D eigenvalue weighted by atomic mass is 16.1. The van der Waals surface area contributed by atoms with E-state index in [-0.39, 0.29) is 11.9 Å². The Labute approximate surface area is 149 Å². The molecule has 6 heteroatoms. The highest BCUT2D eigenvalue weighted by Gasteiger charge is 2.22. The molecule has 0 radical (unpaired) electrons. The maximum absolute atomic E-state index is 12.2. The molecule has 1 aromatic carbocycles. The second kappa shape index (κ2) is 7.70. The Balaban J connectivity index is 1.51. The Bertz CT molecular complexity index is 716. The summed E-state index contributed by atoms with van der Waals surface area (Å²) in [5, 5.41) is 7.19. The van der Waals surface area contributed by atoms with Crippen LogP contribution in [0.2, 0.25) is 0 Å². The van der Waals surface area contributed by atoms with Gasteiger partial charge in [-0.2, -0.15) is 5.10 Å². The molecule has 0 saturated carbocycles. The third-order valence-corrected chi connectivity index (χ3v) is 4.76. The number of piperidine rings is 1. The van der Waals surface area contributed by atoms with Crippen molar-refractivity contribution in [1.29, 1.82) is 0 Å². The van der Waals surface area contributed by atoms with Crippen LogP contribution in [0.3, 0.4) is 0 Å². The SMILES string of the molecule is CN(C)c1ccccc1CN1CCC(NC(=O)c2cnn(C)c2)CC1. The second-order valence-corrected chi connectivity index (χ2v) is 6.95. The Morgan fingerprint density at radius 2 is 2.00 bits per heavy atom. The number of carbonyl (C=O) groups excluding carboxylic acids is 1. The predicted octanol–water partition coefficient (Wildman–Crippen LogP) is 1.88. The fourth-order valence-corrected chi connectivity index (χ4v) is 3.36. The molecule has 1 aromatic heterocycles. The number of aromatic nitrogens is 2. The molecule has 1 amide bonds. The Morgan fingerprint density at radius 3 is 2.64 bits per heavy atom. The van der Waals surface area contributed by atoms with E-state index in [0.717, 1.165) is 32.5 Å². The van der Waals surface area contributed by atoms with Crippen molar-refractivity contribution in [1.82, 2.24) is 20.0 Å². The van der Waals surface area contributed by atoms with Crippen LogP contribution in [0.5, 0.6) is 0 Å². The molecule has 2 heterocycles. The lowest BCUT2D eigenvalue weighted by Gasteiger charge is -2.33. The summed E-state index contributed by atoms with van der Waals surface area (Å²) in [4.78, 5) is 16.9. The molecule has 1 N–H and O–H groups in total. The highest BCUT2D eigenvalue weighted by Crippen LogP contribution is 2.22. The van der Waals surface area contributed by atoms with Gasteiger partial charge >= 0.3 is 0 Å². The van der Waals surface area contributed by atoms with Crippen LogP contribution >= 0.6 is 0 Å². The number of amides is 1. The molecular weight excluding hydrogens is 314 g/mol. The number of nitrogens with one attached hydrogen (secondary N) is 1. The van der Waals surface area contributed by atoms with Gasteiger partial charge in [-0.15, -0.1) is 0 Å². The van der Waals surface area contributed by atoms with E-state index in [9.17, 15) is 4.79 Å². The van der Waals surface area contributed by atoms with Crippen molar-refractivity contribution >= 4 is 11.6 Å². The highest BCUT2D eigenvalue weighted by molar-refractivity contribution is 5.93. The summed E-state index contributed by atoms with van der Waals surface area (Å²) >= 11 is 0. The summed E-state index contributed by atoms with van der Waals surface area (Å²) in [6, 6.07) is 8.79. The van der Waals surface area contributed by atoms with E-state index in [0.29, 0.717) is 5.56 Å². The van der Waals surface area contributed by atoms with Crippen molar-refractivity contribution in [2.24, 2.45) is 7.05 Å². The molecule has 0 bridgehead atoms. The van der Waals surface area contributed by atoms with E-state index in [1.54, 1.807) is 17.1 Å². The van der Waals surface area contributed by atoms with Gasteiger partial charge in [-0.25, -0.2) is 0 Å². The summed E-state index contributed by atoms with van der Waals surface area (Å²) in [7, 11) is 5.99. The predicted molar refractivity (Wildman–Crippen MR) is 99.7 cm³/mol. The second-order valence-electron chi connectivity index (χ2n) is 6.95. The molecule has 134 valence electrons. The van der Waals surface area contributed by atoms with E-state index in [4.69, 9.17) is 0 Å². The molecular formula is C19H27N5O. The average molecular weight is 341 g/mol. The molecule has 0 atom stereocenters. The van der Waals surface area contributed by atoms with Crippen molar-refractivity contribution in [3.63, 3.8) is 0 Å². The zero-order valence-corrected chi connectivity index (χ0v) is 15.3. The van der Waals surface area contributed by atoms with Crippen LogP contribution in [0.25, 0.3) is 0 Å². The molecule has 1 saturated heterocycles. The lowest BCUT2D eigenvalue weighted by Crippen LogP contribution is -2.44. The van der Waals surface area contributed by atoms with Gasteiger partial charge in [-0.3, -0.25) is 14.4 Å². The molecule has 3 rings (SSSR count). The number of hydrogen-bond acceptors (Lipinski definition) is 4. The Morgan fingerprint density at radius 1 is 1.28 bits per heavy atom. The van der Waals surface area contributed by atoms with E-state index in [1.165, 1.54) is 11.3 Å². The van der Waals surface area contributed by atoms with E-state index >= 15 is 0 Å². The van der Waals surface area contributed by atoms with Crippen molar-refractivity contribution in [2.45, 2.75) is 25.4 Å². The smallest absolute Gasteiger partial charge is 0.254 e. The van der Waals surface area contributed by atoms with Gasteiger partial charge in [0.05, 0.1) is 11.8 Å². The lowest BCUT2D eigenvalue weighted by molar-refractivity contribution is 0.0909. The van der Waals surface area contributed by atoms with Crippen molar-refractivity contribution < 1.29 is 4.79 Å². The number of benzene rings is 1. The van der Waals surface area contributed by atoms with Gasteiger partial charge < -0.3 is 10.2 Å². The van der Waals surface area contributed by atoms with E-state index in [1.807, 2.05) is 7.05 Å². The van der Waals surface area contributed by atoms with Crippen LogP contribution in [-0.2, 0) is 13.6 Å². The maximum atomic E-state index is 12.2. The number of nitrogens with zero attached hydrogens (tertiary/aromatic N) is 4. The fourth-order valence-electron chi connectivity index (χ4n) is 3.36. The maximum Gasteiger partial charge on any atom is 0.254 e. The van der Waals surface area contributed by atoms with Crippen LogP contribution in [-0.4, -0.2) is 53.8 Å². The minimum absolute atomic E-state index is 0.0236. The molecule has 0 spiro atoms. The minimum atomic E-state index is -0.0236. The fraction of sp³-hybridized carbons (Fsp3) is 0.474. The first-order valence-electron chi connectivity index (χ1n) is 8.80. The van der Waals surface area contributed by atoms with Crippen LogP contribution in [0.15, 0.2) is 36.7 Å². The Kier molecular flexibility index (Phi) is 5.38. The zero-order valence-electron chi connectivity index (χ0n) is 15.3. The Hall–Kier alpha value is -2.34. The topological polar surface area (TPSA) is 53.4 Å². The molecule has 25 heavy (non-hydrogen) atoms. The summed E-state index contributed by atoms with van der Waals surface area (Å²) < 4.78 is 1.65. The largest absolute Gasteiger partial charge is 0.377 e. The summed E-state index contributed by atoms with van der Waals surface area (Å²) in [5.74, 6) is -0.0236. The van der Waals surface area contributed by atoms with Crippen LogP contribution in [0, 0.1) is 0 Å². The van der Waals surface area contributed by atoms with E-state index in [2.05, 4.69) is 58.6 Å². The number of aryl methyl sites for hydroxylation is 1. The lowest BCUT2D eigenvalue weighted by atomic mass is 10.0. The average Bonchev–Trinajstić information content (AvgIpc) is 3.03. The molecule has 1 aliphatic heterocycles. The van der Waals surface area contributed by atoms with Gasteiger partial charge in [-0.1, -0.05) is 18.2 Å². The molecule has 1 aliphatic rings. The third kappa shape index (κ3) is 4.39. The third-order valence-electron chi connectivity index (χ3n) is 4.76. The van der Waals surface area contributed by atoms with Gasteiger partial charge in [0.15, 0.2) is 0 Å². The number of likely N-dealkylation sites (tertiary alicyclic amines) is 1. The summed E-state index contributed by atoms with van der Waals surface area (Å²) in [6.45, 7) is 2.96. The minimum Gasteiger partial charge on any atom is -0.377 e. The van der Waals surface area contributed by atoms with Gasteiger partial charge in [0.25, 0.3) is 5.91 Å². The van der Waals surface area contributed by atoms with Crippen LogP contribution in [0.1, 0.15) is 28.8 Å². The summed E-state index contributed by atoms with van der Waals surface area (Å²) in [6.07, 6.45) is 5.33. The first-order chi connectivity index (χ1) is 12.0. The quantitative estimate of drug-likeness (QED) is 0.902. The van der Waals surface area contributed by atoms with Gasteiger partial charge in [-0.05, 0) is 24.5 Å². The van der Waals surface area contributed by atoms with Gasteiger partial charge in [0.1, 0.15) is 0 Å². The molecule has 6 nitrogen and oxygen atoms in total. The molecule has 0 aliphatic carbocycles. The first-order valence-corrected chi connectivity index (χ1v) is 8.80. The van der Waals surface area contributed by atoms with E-state index < -0.39 is 0 Å². The van der Waals surface area contributed by atoms with Gasteiger partial charge in [0.2, 0.25) is 0 Å². The monoisotopic (exact) mass is 341 g/mol. The van der Waals surface area contributed by atoms with Gasteiger partial charge in [0, 0.05) is 58.7 Å². The number of carbonyl (C=O) groups is 1. The van der Waals surface area contributed by atoms with Crippen molar-refractivity contribution in [2.75, 3.05) is 32.1 Å². The number of anilines is 1. The van der Waals surface area contributed by atoms with Crippen molar-refractivity contribution in [3.05, 3.63) is 47.8 Å². The normalized spacial score (nSPS) is 16.0. The molecule has 2 aromatic rings. The van der Waals surface area contributed by atoms with Crippen LogP contribution < -0.4 is 10.2 Å². The zero-order chi connectivity index (χ0) is 17.8.